The minimum absolute atomic E-state index is 0.0124. The highest BCUT2D eigenvalue weighted by atomic mass is 32.2. The summed E-state index contributed by atoms with van der Waals surface area (Å²) in [5.74, 6) is 0. The van der Waals surface area contributed by atoms with Crippen LogP contribution in [-0.4, -0.2) is 38.5 Å². The van der Waals surface area contributed by atoms with Crippen molar-refractivity contribution in [1.29, 1.82) is 0 Å². The van der Waals surface area contributed by atoms with Crippen molar-refractivity contribution in [3.63, 3.8) is 0 Å². The van der Waals surface area contributed by atoms with Crippen LogP contribution >= 0.6 is 0 Å². The van der Waals surface area contributed by atoms with E-state index in [9.17, 15) is 8.42 Å². The zero-order valence-electron chi connectivity index (χ0n) is 12.6. The molecule has 1 aliphatic heterocycles. The van der Waals surface area contributed by atoms with E-state index in [0.717, 1.165) is 30.6 Å². The van der Waals surface area contributed by atoms with Gasteiger partial charge in [-0.2, -0.15) is 0 Å². The average molecular weight is 309 g/mol. The Hall–Kier alpha value is -1.11. The highest BCUT2D eigenvalue weighted by Crippen LogP contribution is 2.30. The molecule has 2 aliphatic rings. The summed E-state index contributed by atoms with van der Waals surface area (Å²) in [6.07, 6.45) is 3.40. The second-order valence-corrected chi connectivity index (χ2v) is 8.00. The van der Waals surface area contributed by atoms with Crippen LogP contribution in [0.15, 0.2) is 17.0 Å². The van der Waals surface area contributed by atoms with Crippen LogP contribution in [0.2, 0.25) is 0 Å². The molecule has 0 bridgehead atoms. The number of likely N-dealkylation sites (tertiary alicyclic amines) is 1. The van der Waals surface area contributed by atoms with Gasteiger partial charge in [0.25, 0.3) is 0 Å². The van der Waals surface area contributed by atoms with Gasteiger partial charge in [0.05, 0.1) is 4.90 Å². The van der Waals surface area contributed by atoms with E-state index in [4.69, 9.17) is 5.73 Å². The molecule has 0 aromatic heterocycles. The first kappa shape index (κ1) is 14.8. The molecule has 116 valence electrons. The Morgan fingerprint density at radius 1 is 1.24 bits per heavy atom. The van der Waals surface area contributed by atoms with Crippen molar-refractivity contribution in [2.45, 2.75) is 50.1 Å². The van der Waals surface area contributed by atoms with Gasteiger partial charge in [0.15, 0.2) is 0 Å². The monoisotopic (exact) mass is 309 g/mol. The normalized spacial score (nSPS) is 23.6. The van der Waals surface area contributed by atoms with Crippen LogP contribution in [-0.2, 0) is 10.0 Å². The molecular formula is C15H23N3O2S. The largest absolute Gasteiger partial charge is 0.398 e. The zero-order valence-corrected chi connectivity index (χ0v) is 13.4. The van der Waals surface area contributed by atoms with Crippen LogP contribution in [0.5, 0.6) is 0 Å². The number of nitrogens with two attached hydrogens (primary N) is 1. The van der Waals surface area contributed by atoms with E-state index in [1.165, 1.54) is 12.8 Å². The number of anilines is 1. The van der Waals surface area contributed by atoms with E-state index in [2.05, 4.69) is 9.62 Å². The molecule has 1 aromatic rings. The number of hydrogen-bond donors (Lipinski definition) is 2. The highest BCUT2D eigenvalue weighted by molar-refractivity contribution is 7.89. The fourth-order valence-corrected chi connectivity index (χ4v) is 4.33. The van der Waals surface area contributed by atoms with E-state index in [-0.39, 0.29) is 10.9 Å². The molecule has 3 N–H and O–H groups in total. The summed E-state index contributed by atoms with van der Waals surface area (Å²) in [6, 6.07) is 3.95. The Kier molecular flexibility index (Phi) is 3.71. The summed E-state index contributed by atoms with van der Waals surface area (Å²) in [5, 5.41) is 0. The zero-order chi connectivity index (χ0) is 15.2. The van der Waals surface area contributed by atoms with E-state index in [1.807, 2.05) is 13.8 Å². The number of hydrogen-bond acceptors (Lipinski definition) is 4. The molecule has 1 aromatic carbocycles. The first-order valence-corrected chi connectivity index (χ1v) is 8.98. The molecule has 1 atom stereocenters. The van der Waals surface area contributed by atoms with Crippen molar-refractivity contribution in [1.82, 2.24) is 9.62 Å². The van der Waals surface area contributed by atoms with E-state index >= 15 is 0 Å². The Bertz CT molecular complexity index is 630. The maximum absolute atomic E-state index is 12.5. The van der Waals surface area contributed by atoms with Gasteiger partial charge in [-0.05, 0) is 56.4 Å². The number of benzene rings is 1. The lowest BCUT2D eigenvalue weighted by atomic mass is 10.1. The van der Waals surface area contributed by atoms with Gasteiger partial charge in [-0.25, -0.2) is 13.1 Å². The topological polar surface area (TPSA) is 75.4 Å². The standard InChI is InChI=1S/C15H23N3O2S/c1-10-7-14(8-15(16)11(10)2)21(19,20)17-12-5-6-18(9-12)13-3-4-13/h7-8,12-13,17H,3-6,9,16H2,1-2H3. The van der Waals surface area contributed by atoms with Crippen LogP contribution < -0.4 is 10.5 Å². The summed E-state index contributed by atoms with van der Waals surface area (Å²) in [5.41, 5.74) is 8.27. The molecule has 1 heterocycles. The summed E-state index contributed by atoms with van der Waals surface area (Å²) >= 11 is 0. The quantitative estimate of drug-likeness (QED) is 0.824. The van der Waals surface area contributed by atoms with Crippen LogP contribution in [0.3, 0.4) is 0 Å². The number of rotatable bonds is 4. The molecule has 0 amide bonds. The maximum Gasteiger partial charge on any atom is 0.240 e. The Balaban J connectivity index is 1.75. The lowest BCUT2D eigenvalue weighted by molar-refractivity contribution is 0.322. The lowest BCUT2D eigenvalue weighted by Crippen LogP contribution is -2.37. The van der Waals surface area contributed by atoms with Crippen LogP contribution in [0.4, 0.5) is 5.69 Å². The third-order valence-corrected chi connectivity index (χ3v) is 6.10. The highest BCUT2D eigenvalue weighted by Gasteiger charge is 2.35. The van der Waals surface area contributed by atoms with Crippen molar-refractivity contribution in [2.75, 3.05) is 18.8 Å². The molecule has 0 radical (unpaired) electrons. The van der Waals surface area contributed by atoms with Gasteiger partial charge in [0.2, 0.25) is 10.0 Å². The Labute approximate surface area is 126 Å². The van der Waals surface area contributed by atoms with Gasteiger partial charge in [0.1, 0.15) is 0 Å². The maximum atomic E-state index is 12.5. The summed E-state index contributed by atoms with van der Waals surface area (Å²) in [7, 11) is -3.49. The number of aryl methyl sites for hydroxylation is 1. The molecule has 2 fully saturated rings. The molecule has 1 saturated heterocycles. The van der Waals surface area contributed by atoms with E-state index < -0.39 is 10.0 Å². The minimum atomic E-state index is -3.49. The Morgan fingerprint density at radius 3 is 2.57 bits per heavy atom. The number of nitrogens with zero attached hydrogens (tertiary/aromatic N) is 1. The van der Waals surface area contributed by atoms with Crippen LogP contribution in [0.1, 0.15) is 30.4 Å². The van der Waals surface area contributed by atoms with Gasteiger partial charge >= 0.3 is 0 Å². The van der Waals surface area contributed by atoms with Gasteiger partial charge in [0, 0.05) is 30.9 Å². The number of sulfonamides is 1. The van der Waals surface area contributed by atoms with Gasteiger partial charge in [-0.3, -0.25) is 4.90 Å². The number of nitrogen functional groups attached to an aromatic ring is 1. The molecule has 1 aliphatic carbocycles. The van der Waals surface area contributed by atoms with Crippen LogP contribution in [0.25, 0.3) is 0 Å². The molecule has 6 heteroatoms. The molecule has 21 heavy (non-hydrogen) atoms. The lowest BCUT2D eigenvalue weighted by Gasteiger charge is -2.16. The Morgan fingerprint density at radius 2 is 1.95 bits per heavy atom. The van der Waals surface area contributed by atoms with Gasteiger partial charge in [-0.1, -0.05) is 0 Å². The third kappa shape index (κ3) is 3.07. The summed E-state index contributed by atoms with van der Waals surface area (Å²) < 4.78 is 27.9. The molecule has 1 saturated carbocycles. The van der Waals surface area contributed by atoms with Crippen molar-refractivity contribution >= 4 is 15.7 Å². The molecule has 1 unspecified atom stereocenters. The van der Waals surface area contributed by atoms with E-state index in [1.54, 1.807) is 12.1 Å². The summed E-state index contributed by atoms with van der Waals surface area (Å²) in [6.45, 7) is 5.60. The second kappa shape index (κ2) is 5.26. The molecular weight excluding hydrogens is 286 g/mol. The van der Waals surface area contributed by atoms with Crippen molar-refractivity contribution in [3.05, 3.63) is 23.3 Å². The first-order chi connectivity index (χ1) is 9.87. The minimum Gasteiger partial charge on any atom is -0.398 e. The smallest absolute Gasteiger partial charge is 0.240 e. The van der Waals surface area contributed by atoms with Gasteiger partial charge < -0.3 is 5.73 Å². The number of nitrogens with one attached hydrogen (secondary N) is 1. The summed E-state index contributed by atoms with van der Waals surface area (Å²) in [4.78, 5) is 2.66. The average Bonchev–Trinajstić information content (AvgIpc) is 3.16. The van der Waals surface area contributed by atoms with E-state index in [0.29, 0.717) is 11.7 Å². The molecule has 3 rings (SSSR count). The molecule has 0 spiro atoms. The van der Waals surface area contributed by atoms with Crippen molar-refractivity contribution < 1.29 is 8.42 Å². The predicted octanol–water partition coefficient (Wildman–Crippen LogP) is 1.40. The van der Waals surface area contributed by atoms with Crippen molar-refractivity contribution in [2.24, 2.45) is 0 Å². The first-order valence-electron chi connectivity index (χ1n) is 7.50. The fraction of sp³-hybridized carbons (Fsp3) is 0.600. The predicted molar refractivity (Wildman–Crippen MR) is 83.6 cm³/mol. The van der Waals surface area contributed by atoms with Crippen molar-refractivity contribution in [3.8, 4) is 0 Å². The van der Waals surface area contributed by atoms with Crippen LogP contribution in [0, 0.1) is 13.8 Å². The SMILES string of the molecule is Cc1cc(S(=O)(=O)NC2CCN(C3CC3)C2)cc(N)c1C. The van der Waals surface area contributed by atoms with Gasteiger partial charge in [-0.15, -0.1) is 0 Å². The fourth-order valence-electron chi connectivity index (χ4n) is 2.95. The second-order valence-electron chi connectivity index (χ2n) is 6.29. The third-order valence-electron chi connectivity index (χ3n) is 4.60. The molecule has 5 nitrogen and oxygen atoms in total.